The Kier molecular flexibility index (Phi) is 1.94. The molecular formula is C7H11N3. The highest BCUT2D eigenvalue weighted by molar-refractivity contribution is 5.56. The molecule has 1 rings (SSSR count). The molecule has 1 unspecified atom stereocenters. The Hall–Kier alpha value is -0.990. The fourth-order valence-corrected chi connectivity index (χ4v) is 0.672. The first kappa shape index (κ1) is 7.12. The average molecular weight is 137 g/mol. The van der Waals surface area contributed by atoms with Crippen molar-refractivity contribution in [2.24, 2.45) is 15.2 Å². The predicted octanol–water partition coefficient (Wildman–Crippen LogP) is 2.16. The molecule has 54 valence electrons. The fraction of sp³-hybridized carbons (Fsp3) is 0.571. The number of hydrogen-bond acceptors (Lipinski definition) is 3. The van der Waals surface area contributed by atoms with Gasteiger partial charge in [0.2, 0.25) is 0 Å². The summed E-state index contributed by atoms with van der Waals surface area (Å²) in [6.45, 7) is 4.14. The lowest BCUT2D eigenvalue weighted by molar-refractivity contribution is 0.570. The lowest BCUT2D eigenvalue weighted by atomic mass is 10.0. The molecule has 0 aromatic carbocycles. The van der Waals surface area contributed by atoms with E-state index < -0.39 is 0 Å². The van der Waals surface area contributed by atoms with Crippen molar-refractivity contribution in [2.75, 3.05) is 0 Å². The lowest BCUT2D eigenvalue weighted by Gasteiger charge is -2.15. The second-order valence-electron chi connectivity index (χ2n) is 2.50. The fourth-order valence-electron chi connectivity index (χ4n) is 0.672. The summed E-state index contributed by atoms with van der Waals surface area (Å²) in [7, 11) is 0. The Morgan fingerprint density at radius 2 is 2.20 bits per heavy atom. The predicted molar refractivity (Wildman–Crippen MR) is 41.2 cm³/mol. The Bertz CT molecular complexity index is 175. The summed E-state index contributed by atoms with van der Waals surface area (Å²) in [5, 5.41) is 7.37. The summed E-state index contributed by atoms with van der Waals surface area (Å²) < 4.78 is 0. The van der Waals surface area contributed by atoms with Crippen molar-refractivity contribution in [1.82, 2.24) is 0 Å². The van der Waals surface area contributed by atoms with Crippen molar-refractivity contribution in [1.29, 1.82) is 0 Å². The molecule has 0 amide bonds. The minimum atomic E-state index is -0.0938. The number of hydrogen-bond donors (Lipinski definition) is 0. The molecule has 0 aliphatic carbocycles. The van der Waals surface area contributed by atoms with Crippen LogP contribution in [-0.4, -0.2) is 11.9 Å². The molecule has 3 nitrogen and oxygen atoms in total. The number of azo groups is 1. The van der Waals surface area contributed by atoms with Crippen molar-refractivity contribution in [3.63, 3.8) is 0 Å². The number of nitrogens with zero attached hydrogens (tertiary/aromatic N) is 3. The zero-order valence-corrected chi connectivity index (χ0v) is 6.28. The molecule has 0 radical (unpaired) electrons. The quantitative estimate of drug-likeness (QED) is 0.531. The maximum absolute atomic E-state index is 4.20. The third-order valence-electron chi connectivity index (χ3n) is 1.69. The topological polar surface area (TPSA) is 37.1 Å². The summed E-state index contributed by atoms with van der Waals surface area (Å²) in [6.07, 6.45) is 6.13. The van der Waals surface area contributed by atoms with Gasteiger partial charge in [-0.2, -0.15) is 5.11 Å². The van der Waals surface area contributed by atoms with E-state index in [0.29, 0.717) is 0 Å². The van der Waals surface area contributed by atoms with Gasteiger partial charge in [-0.05, 0) is 19.4 Å². The van der Waals surface area contributed by atoms with Crippen LogP contribution in [0.3, 0.4) is 0 Å². The minimum absolute atomic E-state index is 0.0938. The van der Waals surface area contributed by atoms with Crippen molar-refractivity contribution in [2.45, 2.75) is 25.8 Å². The van der Waals surface area contributed by atoms with Crippen LogP contribution in [0.1, 0.15) is 20.3 Å². The Morgan fingerprint density at radius 3 is 2.90 bits per heavy atom. The zero-order chi connectivity index (χ0) is 7.45. The van der Waals surface area contributed by atoms with Crippen LogP contribution < -0.4 is 0 Å². The second kappa shape index (κ2) is 2.73. The van der Waals surface area contributed by atoms with E-state index in [-0.39, 0.29) is 5.54 Å². The zero-order valence-electron chi connectivity index (χ0n) is 6.28. The van der Waals surface area contributed by atoms with E-state index in [0.717, 1.165) is 6.42 Å². The molecule has 0 aromatic rings. The molecule has 0 saturated heterocycles. The van der Waals surface area contributed by atoms with Gasteiger partial charge in [-0.25, -0.2) is 0 Å². The average Bonchev–Trinajstić information content (AvgIpc) is 2.15. The minimum Gasteiger partial charge on any atom is -0.261 e. The smallest absolute Gasteiger partial charge is 0.133 e. The van der Waals surface area contributed by atoms with Crippen LogP contribution in [0.15, 0.2) is 27.5 Å². The van der Waals surface area contributed by atoms with Crippen LogP contribution in [0.4, 0.5) is 0 Å². The standard InChI is InChI=1S/C7H11N3/c1-3-7(2)4-5-9-10-6-8-7/h4-6H,3H2,1-2H3. The Labute approximate surface area is 60.6 Å². The van der Waals surface area contributed by atoms with Gasteiger partial charge in [-0.1, -0.05) is 6.92 Å². The molecule has 0 N–H and O–H groups in total. The van der Waals surface area contributed by atoms with Crippen molar-refractivity contribution in [3.8, 4) is 0 Å². The third kappa shape index (κ3) is 1.50. The van der Waals surface area contributed by atoms with Crippen LogP contribution in [0, 0.1) is 0 Å². The summed E-state index contributed by atoms with van der Waals surface area (Å²) >= 11 is 0. The van der Waals surface area contributed by atoms with E-state index in [1.807, 2.05) is 6.08 Å². The molecule has 1 aliphatic rings. The van der Waals surface area contributed by atoms with Crippen LogP contribution in [0.2, 0.25) is 0 Å². The van der Waals surface area contributed by atoms with Crippen LogP contribution in [-0.2, 0) is 0 Å². The lowest BCUT2D eigenvalue weighted by Crippen LogP contribution is -2.16. The van der Waals surface area contributed by atoms with Gasteiger partial charge in [0, 0.05) is 6.20 Å². The molecule has 1 heterocycles. The highest BCUT2D eigenvalue weighted by Gasteiger charge is 2.15. The molecule has 0 bridgehead atoms. The van der Waals surface area contributed by atoms with Gasteiger partial charge in [0.15, 0.2) is 0 Å². The second-order valence-corrected chi connectivity index (χ2v) is 2.50. The summed E-state index contributed by atoms with van der Waals surface area (Å²) in [5.74, 6) is 0. The molecule has 0 aromatic heterocycles. The maximum atomic E-state index is 4.20. The largest absolute Gasteiger partial charge is 0.261 e. The molecule has 0 spiro atoms. The van der Waals surface area contributed by atoms with Crippen LogP contribution >= 0.6 is 0 Å². The summed E-state index contributed by atoms with van der Waals surface area (Å²) in [6, 6.07) is 0. The van der Waals surface area contributed by atoms with Gasteiger partial charge in [0.1, 0.15) is 6.34 Å². The van der Waals surface area contributed by atoms with Gasteiger partial charge < -0.3 is 0 Å². The third-order valence-corrected chi connectivity index (χ3v) is 1.69. The first-order chi connectivity index (χ1) is 4.77. The summed E-state index contributed by atoms with van der Waals surface area (Å²) in [4.78, 5) is 4.20. The van der Waals surface area contributed by atoms with Gasteiger partial charge in [0.25, 0.3) is 0 Å². The Morgan fingerprint density at radius 1 is 1.40 bits per heavy atom. The monoisotopic (exact) mass is 137 g/mol. The van der Waals surface area contributed by atoms with E-state index in [1.54, 1.807) is 6.20 Å². The SMILES string of the molecule is CCC1(C)C=CN=NC=N1. The van der Waals surface area contributed by atoms with E-state index in [4.69, 9.17) is 0 Å². The van der Waals surface area contributed by atoms with E-state index >= 15 is 0 Å². The van der Waals surface area contributed by atoms with E-state index in [1.165, 1.54) is 6.34 Å². The highest BCUT2D eigenvalue weighted by Crippen LogP contribution is 2.17. The van der Waals surface area contributed by atoms with Gasteiger partial charge in [-0.15, -0.1) is 5.11 Å². The van der Waals surface area contributed by atoms with Gasteiger partial charge in [0.05, 0.1) is 5.54 Å². The molecule has 10 heavy (non-hydrogen) atoms. The van der Waals surface area contributed by atoms with E-state index in [2.05, 4.69) is 29.1 Å². The summed E-state index contributed by atoms with van der Waals surface area (Å²) in [5.41, 5.74) is -0.0938. The normalized spacial score (nSPS) is 30.6. The highest BCUT2D eigenvalue weighted by atomic mass is 15.1. The van der Waals surface area contributed by atoms with Crippen molar-refractivity contribution in [3.05, 3.63) is 12.3 Å². The first-order valence-electron chi connectivity index (χ1n) is 3.38. The van der Waals surface area contributed by atoms with Crippen LogP contribution in [0.25, 0.3) is 0 Å². The van der Waals surface area contributed by atoms with Gasteiger partial charge >= 0.3 is 0 Å². The Balaban J connectivity index is 2.80. The van der Waals surface area contributed by atoms with Crippen molar-refractivity contribution >= 4 is 6.34 Å². The molecule has 0 fully saturated rings. The van der Waals surface area contributed by atoms with Gasteiger partial charge in [-0.3, -0.25) is 4.99 Å². The number of aliphatic imine (C=N–C) groups is 1. The maximum Gasteiger partial charge on any atom is 0.133 e. The molecular weight excluding hydrogens is 126 g/mol. The van der Waals surface area contributed by atoms with Crippen LogP contribution in [0.5, 0.6) is 0 Å². The number of rotatable bonds is 1. The first-order valence-corrected chi connectivity index (χ1v) is 3.38. The molecule has 1 aliphatic heterocycles. The molecule has 0 saturated carbocycles. The van der Waals surface area contributed by atoms with Crippen molar-refractivity contribution < 1.29 is 0 Å². The van der Waals surface area contributed by atoms with E-state index in [9.17, 15) is 0 Å². The molecule has 3 heteroatoms. The molecule has 1 atom stereocenters.